The van der Waals surface area contributed by atoms with E-state index in [1.165, 1.54) is 48.5 Å². The van der Waals surface area contributed by atoms with E-state index in [4.69, 9.17) is 23.5 Å². The highest BCUT2D eigenvalue weighted by molar-refractivity contribution is 7.52. The first-order valence-electron chi connectivity index (χ1n) is 17.5. The smallest absolute Gasteiger partial charge is 0.408 e. The second kappa shape index (κ2) is 18.7. The van der Waals surface area contributed by atoms with Crippen molar-refractivity contribution in [2.75, 3.05) is 0 Å². The number of aromatic nitrogens is 2. The molecule has 0 aliphatic carbocycles. The predicted octanol–water partition coefficient (Wildman–Crippen LogP) is 8.02. The number of para-hydroxylation sites is 2. The molecule has 0 saturated carbocycles. The fraction of sp³-hybridized carbons (Fsp3) is 0.175. The number of benzene rings is 5. The molecule has 0 aliphatic rings. The van der Waals surface area contributed by atoms with E-state index in [-0.39, 0.29) is 50.0 Å². The average Bonchev–Trinajstić information content (AvgIpc) is 3.57. The number of nitrogens with zero attached hydrogens (tertiary/aromatic N) is 4. The van der Waals surface area contributed by atoms with Crippen LogP contribution in [0.5, 0.6) is 0 Å². The van der Waals surface area contributed by atoms with Crippen LogP contribution in [0.15, 0.2) is 133 Å². The third-order valence-corrected chi connectivity index (χ3v) is 10.3. The molecular formula is C40H36N5O11P. The minimum absolute atomic E-state index is 0.0572. The van der Waals surface area contributed by atoms with Crippen molar-refractivity contribution in [3.05, 3.63) is 182 Å². The minimum atomic E-state index is -4.20. The van der Waals surface area contributed by atoms with Crippen molar-refractivity contribution in [2.24, 2.45) is 0 Å². The molecule has 1 amide bonds. The standard InChI is InChI=1S/C40H36N5O11P/c46-39(53-24-29-9-3-1-4-10-29)36(42-40(47)54-25-30-11-5-2-6-12-30)23-38-41-35-13-7-8-14-37(35)43(38)28-57(52,55-26-31-15-19-33(20-16-31)44(48)49)56-27-32-17-21-34(22-18-32)45(50)51/h1-22,36H,23-28H2,(H,42,47)/t36-/m0/s1. The van der Waals surface area contributed by atoms with Gasteiger partial charge in [0.2, 0.25) is 0 Å². The van der Waals surface area contributed by atoms with Crippen molar-refractivity contribution in [3.8, 4) is 0 Å². The number of nitro groups is 2. The molecule has 0 spiro atoms. The summed E-state index contributed by atoms with van der Waals surface area (Å²) in [6.07, 6.45) is -1.53. The molecule has 6 aromatic rings. The van der Waals surface area contributed by atoms with Crippen LogP contribution in [0.4, 0.5) is 16.2 Å². The molecule has 16 nitrogen and oxygen atoms in total. The van der Waals surface area contributed by atoms with Gasteiger partial charge in [0.25, 0.3) is 11.4 Å². The zero-order chi connectivity index (χ0) is 40.2. The van der Waals surface area contributed by atoms with E-state index in [1.54, 1.807) is 77.4 Å². The minimum Gasteiger partial charge on any atom is -0.459 e. The lowest BCUT2D eigenvalue weighted by Crippen LogP contribution is -2.44. The number of nitrogens with one attached hydrogen (secondary N) is 1. The van der Waals surface area contributed by atoms with Gasteiger partial charge in [0.1, 0.15) is 31.4 Å². The van der Waals surface area contributed by atoms with Crippen LogP contribution in [0, 0.1) is 20.2 Å². The fourth-order valence-electron chi connectivity index (χ4n) is 5.62. The predicted molar refractivity (Wildman–Crippen MR) is 207 cm³/mol. The van der Waals surface area contributed by atoms with Crippen molar-refractivity contribution in [1.29, 1.82) is 0 Å². The van der Waals surface area contributed by atoms with Gasteiger partial charge < -0.3 is 28.4 Å². The Bertz CT molecular complexity index is 2310. The number of imidazole rings is 1. The van der Waals surface area contributed by atoms with Crippen molar-refractivity contribution in [1.82, 2.24) is 14.9 Å². The van der Waals surface area contributed by atoms with E-state index in [1.807, 2.05) is 12.1 Å². The van der Waals surface area contributed by atoms with Gasteiger partial charge in [0.15, 0.2) is 0 Å². The first-order valence-corrected chi connectivity index (χ1v) is 19.2. The van der Waals surface area contributed by atoms with Crippen LogP contribution < -0.4 is 5.32 Å². The van der Waals surface area contributed by atoms with Gasteiger partial charge in [0, 0.05) is 30.7 Å². The number of ether oxygens (including phenoxy) is 2. The normalized spacial score (nSPS) is 11.8. The van der Waals surface area contributed by atoms with Crippen LogP contribution in [0.3, 0.4) is 0 Å². The molecule has 5 aromatic carbocycles. The number of nitro benzene ring substituents is 2. The van der Waals surface area contributed by atoms with Gasteiger partial charge in [-0.2, -0.15) is 0 Å². The van der Waals surface area contributed by atoms with Crippen LogP contribution in [0.2, 0.25) is 0 Å². The molecule has 1 N–H and O–H groups in total. The third kappa shape index (κ3) is 11.2. The number of rotatable bonds is 18. The zero-order valence-electron chi connectivity index (χ0n) is 30.2. The van der Waals surface area contributed by atoms with Crippen LogP contribution in [0.1, 0.15) is 28.1 Å². The maximum absolute atomic E-state index is 14.8. The zero-order valence-corrected chi connectivity index (χ0v) is 31.1. The third-order valence-electron chi connectivity index (χ3n) is 8.60. The quantitative estimate of drug-likeness (QED) is 0.0380. The SMILES string of the molecule is O=C(N[C@@H](Cc1nc2ccccc2n1CP(=O)(OCc1ccc([N+](=O)[O-])cc1)OCc1ccc([N+](=O)[O-])cc1)C(=O)OCc1ccccc1)OCc1ccccc1. The van der Waals surface area contributed by atoms with Gasteiger partial charge in [0.05, 0.1) is 34.1 Å². The summed E-state index contributed by atoms with van der Waals surface area (Å²) < 4.78 is 39.3. The summed E-state index contributed by atoms with van der Waals surface area (Å²) in [5.41, 5.74) is 3.10. The van der Waals surface area contributed by atoms with Crippen LogP contribution in [-0.4, -0.2) is 37.5 Å². The van der Waals surface area contributed by atoms with Gasteiger partial charge in [-0.05, 0) is 58.7 Å². The molecule has 0 radical (unpaired) electrons. The Morgan fingerprint density at radius 1 is 0.649 bits per heavy atom. The summed E-state index contributed by atoms with van der Waals surface area (Å²) in [5, 5.41) is 25.0. The Morgan fingerprint density at radius 2 is 1.12 bits per heavy atom. The Kier molecular flexibility index (Phi) is 13.1. The van der Waals surface area contributed by atoms with Gasteiger partial charge >= 0.3 is 19.7 Å². The molecule has 0 fully saturated rings. The highest BCUT2D eigenvalue weighted by Crippen LogP contribution is 2.52. The van der Waals surface area contributed by atoms with Gasteiger partial charge in [-0.15, -0.1) is 0 Å². The number of hydrogen-bond donors (Lipinski definition) is 1. The summed E-state index contributed by atoms with van der Waals surface area (Å²) in [5.74, 6) is -0.555. The Balaban J connectivity index is 1.29. The molecule has 1 atom stereocenters. The van der Waals surface area contributed by atoms with Gasteiger partial charge in [-0.1, -0.05) is 72.8 Å². The number of carbonyl (C=O) groups excluding carboxylic acids is 2. The van der Waals surface area contributed by atoms with Crippen molar-refractivity contribution in [3.63, 3.8) is 0 Å². The molecule has 1 heterocycles. The van der Waals surface area contributed by atoms with E-state index >= 15 is 0 Å². The molecule has 0 saturated heterocycles. The van der Waals surface area contributed by atoms with E-state index in [9.17, 15) is 34.4 Å². The molecule has 6 rings (SSSR count). The number of carbonyl (C=O) groups is 2. The van der Waals surface area contributed by atoms with Crippen LogP contribution in [-0.2, 0) is 67.0 Å². The maximum atomic E-state index is 14.8. The molecular weight excluding hydrogens is 757 g/mol. The summed E-state index contributed by atoms with van der Waals surface area (Å²) in [7, 11) is -4.20. The largest absolute Gasteiger partial charge is 0.459 e. The van der Waals surface area contributed by atoms with Crippen molar-refractivity contribution < 1.29 is 42.5 Å². The van der Waals surface area contributed by atoms with E-state index in [2.05, 4.69) is 5.32 Å². The van der Waals surface area contributed by atoms with Gasteiger partial charge in [-0.25, -0.2) is 14.6 Å². The number of alkyl carbamates (subject to hydrolysis) is 1. The number of fused-ring (bicyclic) bond motifs is 1. The highest BCUT2D eigenvalue weighted by Gasteiger charge is 2.32. The number of hydrogen-bond acceptors (Lipinski definition) is 12. The number of non-ortho nitro benzene ring substituents is 2. The fourth-order valence-corrected chi connectivity index (χ4v) is 7.21. The monoisotopic (exact) mass is 793 g/mol. The lowest BCUT2D eigenvalue weighted by molar-refractivity contribution is -0.385. The highest BCUT2D eigenvalue weighted by atomic mass is 31.2. The maximum Gasteiger partial charge on any atom is 0.408 e. The Hall–Kier alpha value is -6.74. The lowest BCUT2D eigenvalue weighted by Gasteiger charge is -2.22. The molecule has 292 valence electrons. The average molecular weight is 794 g/mol. The number of amides is 1. The summed E-state index contributed by atoms with van der Waals surface area (Å²) in [4.78, 5) is 52.8. The summed E-state index contributed by atoms with van der Waals surface area (Å²) in [6.45, 7) is -0.657. The molecule has 0 unspecified atom stereocenters. The van der Waals surface area contributed by atoms with E-state index in [0.717, 1.165) is 11.1 Å². The van der Waals surface area contributed by atoms with E-state index < -0.39 is 41.8 Å². The molecule has 17 heteroatoms. The second-order valence-electron chi connectivity index (χ2n) is 12.6. The molecule has 0 bridgehead atoms. The van der Waals surface area contributed by atoms with Crippen LogP contribution in [0.25, 0.3) is 11.0 Å². The molecule has 57 heavy (non-hydrogen) atoms. The first kappa shape index (κ1) is 39.9. The summed E-state index contributed by atoms with van der Waals surface area (Å²) >= 11 is 0. The second-order valence-corrected chi connectivity index (χ2v) is 14.7. The first-order chi connectivity index (χ1) is 27.5. The van der Waals surface area contributed by atoms with Crippen LogP contribution >= 0.6 is 7.60 Å². The molecule has 1 aromatic heterocycles. The lowest BCUT2D eigenvalue weighted by atomic mass is 10.2. The summed E-state index contributed by atoms with van der Waals surface area (Å²) in [6, 6.07) is 34.6. The van der Waals surface area contributed by atoms with Crippen molar-refractivity contribution in [2.45, 2.75) is 45.2 Å². The molecule has 0 aliphatic heterocycles. The Labute approximate surface area is 325 Å². The topological polar surface area (TPSA) is 204 Å². The Morgan fingerprint density at radius 3 is 1.65 bits per heavy atom. The van der Waals surface area contributed by atoms with Gasteiger partial charge in [-0.3, -0.25) is 24.8 Å². The number of esters is 1. The van der Waals surface area contributed by atoms with E-state index in [0.29, 0.717) is 22.2 Å². The van der Waals surface area contributed by atoms with Crippen molar-refractivity contribution >= 4 is 42.1 Å².